The highest BCUT2D eigenvalue weighted by atomic mass is 19.1. The van der Waals surface area contributed by atoms with Crippen molar-refractivity contribution in [1.29, 1.82) is 0 Å². The van der Waals surface area contributed by atoms with Crippen molar-refractivity contribution in [3.63, 3.8) is 0 Å². The van der Waals surface area contributed by atoms with E-state index < -0.39 is 0 Å². The lowest BCUT2D eigenvalue weighted by atomic mass is 9.88. The van der Waals surface area contributed by atoms with Crippen LogP contribution in [-0.2, 0) is 5.54 Å². The maximum atomic E-state index is 13.6. The van der Waals surface area contributed by atoms with Gasteiger partial charge < -0.3 is 10.5 Å². The van der Waals surface area contributed by atoms with E-state index in [1.54, 1.807) is 13.0 Å². The van der Waals surface area contributed by atoms with E-state index in [1.165, 1.54) is 7.11 Å². The number of methoxy groups -OCH3 is 1. The Hall–Kier alpha value is -1.09. The number of nitrogens with two attached hydrogens (primary N) is 1. The molecule has 2 N–H and O–H groups in total. The van der Waals surface area contributed by atoms with Crippen LogP contribution >= 0.6 is 0 Å². The van der Waals surface area contributed by atoms with E-state index in [4.69, 9.17) is 10.5 Å². The van der Waals surface area contributed by atoms with E-state index in [-0.39, 0.29) is 11.4 Å². The van der Waals surface area contributed by atoms with Gasteiger partial charge >= 0.3 is 0 Å². The number of benzene rings is 1. The molecule has 0 amide bonds. The van der Waals surface area contributed by atoms with Gasteiger partial charge in [-0.2, -0.15) is 0 Å². The van der Waals surface area contributed by atoms with Crippen molar-refractivity contribution in [3.8, 4) is 5.75 Å². The monoisotopic (exact) mass is 223 g/mol. The van der Waals surface area contributed by atoms with Crippen molar-refractivity contribution in [3.05, 3.63) is 29.1 Å². The van der Waals surface area contributed by atoms with Crippen LogP contribution in [-0.4, -0.2) is 7.11 Å². The molecule has 16 heavy (non-hydrogen) atoms. The first kappa shape index (κ1) is 11.4. The second-order valence-corrected chi connectivity index (χ2v) is 4.67. The summed E-state index contributed by atoms with van der Waals surface area (Å²) in [5.41, 5.74) is 7.66. The summed E-state index contributed by atoms with van der Waals surface area (Å²) < 4.78 is 18.7. The predicted molar refractivity (Wildman–Crippen MR) is 62.0 cm³/mol. The van der Waals surface area contributed by atoms with Gasteiger partial charge in [0.2, 0.25) is 0 Å². The third-order valence-corrected chi connectivity index (χ3v) is 3.51. The smallest absolute Gasteiger partial charge is 0.167 e. The van der Waals surface area contributed by atoms with Gasteiger partial charge in [-0.25, -0.2) is 4.39 Å². The van der Waals surface area contributed by atoms with Gasteiger partial charge in [-0.3, -0.25) is 0 Å². The Morgan fingerprint density at radius 2 is 1.94 bits per heavy atom. The highest BCUT2D eigenvalue weighted by Crippen LogP contribution is 2.38. The van der Waals surface area contributed by atoms with E-state index in [9.17, 15) is 4.39 Å². The fourth-order valence-corrected chi connectivity index (χ4v) is 2.47. The summed E-state index contributed by atoms with van der Waals surface area (Å²) >= 11 is 0. The standard InChI is InChI=1S/C13H18FNO/c1-9-7-10(8-11(16-2)12(9)14)13(15)5-3-4-6-13/h7-8H,3-6,15H2,1-2H3. The summed E-state index contributed by atoms with van der Waals surface area (Å²) in [5.74, 6) is 0.0135. The molecule has 1 fully saturated rings. The molecule has 0 atom stereocenters. The minimum atomic E-state index is -0.286. The molecule has 0 heterocycles. The minimum absolute atomic E-state index is 0.284. The maximum absolute atomic E-state index is 13.6. The minimum Gasteiger partial charge on any atom is -0.494 e. The van der Waals surface area contributed by atoms with Crippen molar-refractivity contribution in [2.75, 3.05) is 7.11 Å². The maximum Gasteiger partial charge on any atom is 0.167 e. The Bertz CT molecular complexity index is 397. The van der Waals surface area contributed by atoms with Gasteiger partial charge in [0.05, 0.1) is 7.11 Å². The second kappa shape index (κ2) is 4.06. The molecule has 1 saturated carbocycles. The van der Waals surface area contributed by atoms with Crippen molar-refractivity contribution in [2.45, 2.75) is 38.1 Å². The molecule has 1 aromatic carbocycles. The van der Waals surface area contributed by atoms with Crippen LogP contribution in [0.1, 0.15) is 36.8 Å². The van der Waals surface area contributed by atoms with Crippen LogP contribution in [0.15, 0.2) is 12.1 Å². The van der Waals surface area contributed by atoms with E-state index in [1.807, 2.05) is 6.07 Å². The average molecular weight is 223 g/mol. The Morgan fingerprint density at radius 1 is 1.31 bits per heavy atom. The molecule has 1 aliphatic carbocycles. The molecular formula is C13H18FNO. The number of ether oxygens (including phenoxy) is 1. The van der Waals surface area contributed by atoms with Crippen molar-refractivity contribution in [2.24, 2.45) is 5.73 Å². The highest BCUT2D eigenvalue weighted by molar-refractivity contribution is 5.39. The number of rotatable bonds is 2. The molecule has 1 aromatic rings. The SMILES string of the molecule is COc1cc(C2(N)CCCC2)cc(C)c1F. The van der Waals surface area contributed by atoms with Gasteiger partial charge in [-0.05, 0) is 37.0 Å². The second-order valence-electron chi connectivity index (χ2n) is 4.67. The van der Waals surface area contributed by atoms with Gasteiger partial charge in [0, 0.05) is 5.54 Å². The van der Waals surface area contributed by atoms with Gasteiger partial charge in [-0.1, -0.05) is 18.9 Å². The fourth-order valence-electron chi connectivity index (χ4n) is 2.47. The Balaban J connectivity index is 2.45. The molecule has 2 nitrogen and oxygen atoms in total. The number of aryl methyl sites for hydroxylation is 1. The third-order valence-electron chi connectivity index (χ3n) is 3.51. The Labute approximate surface area is 95.6 Å². The van der Waals surface area contributed by atoms with Gasteiger partial charge in [0.15, 0.2) is 11.6 Å². The highest BCUT2D eigenvalue weighted by Gasteiger charge is 2.32. The van der Waals surface area contributed by atoms with Crippen molar-refractivity contribution < 1.29 is 9.13 Å². The Morgan fingerprint density at radius 3 is 2.50 bits per heavy atom. The van der Waals surface area contributed by atoms with Crippen LogP contribution in [0.3, 0.4) is 0 Å². The molecule has 0 spiro atoms. The molecular weight excluding hydrogens is 205 g/mol. The Kier molecular flexibility index (Phi) is 2.89. The van der Waals surface area contributed by atoms with Crippen LogP contribution in [0.4, 0.5) is 4.39 Å². The average Bonchev–Trinajstić information content (AvgIpc) is 2.70. The molecule has 2 rings (SSSR count). The lowest BCUT2D eigenvalue weighted by Crippen LogP contribution is -2.33. The first-order valence-corrected chi connectivity index (χ1v) is 5.70. The lowest BCUT2D eigenvalue weighted by molar-refractivity contribution is 0.380. The molecule has 0 aromatic heterocycles. The molecule has 0 aliphatic heterocycles. The van der Waals surface area contributed by atoms with Crippen LogP contribution < -0.4 is 10.5 Å². The zero-order valence-electron chi connectivity index (χ0n) is 9.85. The molecule has 0 unspecified atom stereocenters. The van der Waals surface area contributed by atoms with Gasteiger partial charge in [0.25, 0.3) is 0 Å². The molecule has 1 aliphatic rings. The summed E-state index contributed by atoms with van der Waals surface area (Å²) in [6.07, 6.45) is 4.24. The zero-order valence-corrected chi connectivity index (χ0v) is 9.85. The summed E-state index contributed by atoms with van der Waals surface area (Å²) in [7, 11) is 1.49. The van der Waals surface area contributed by atoms with E-state index in [0.717, 1.165) is 31.2 Å². The number of hydrogen-bond donors (Lipinski definition) is 1. The summed E-state index contributed by atoms with van der Waals surface area (Å²) in [4.78, 5) is 0. The normalized spacial score (nSPS) is 18.8. The van der Waals surface area contributed by atoms with Crippen molar-refractivity contribution >= 4 is 0 Å². The quantitative estimate of drug-likeness (QED) is 0.836. The molecule has 3 heteroatoms. The van der Waals surface area contributed by atoms with Crippen LogP contribution in [0, 0.1) is 12.7 Å². The van der Waals surface area contributed by atoms with Gasteiger partial charge in [0.1, 0.15) is 0 Å². The molecule has 88 valence electrons. The lowest BCUT2D eigenvalue weighted by Gasteiger charge is -2.25. The van der Waals surface area contributed by atoms with Crippen LogP contribution in [0.2, 0.25) is 0 Å². The predicted octanol–water partition coefficient (Wildman–Crippen LogP) is 2.87. The van der Waals surface area contributed by atoms with Crippen LogP contribution in [0.25, 0.3) is 0 Å². The first-order chi connectivity index (χ1) is 7.57. The van der Waals surface area contributed by atoms with Gasteiger partial charge in [-0.15, -0.1) is 0 Å². The van der Waals surface area contributed by atoms with E-state index in [2.05, 4.69) is 0 Å². The van der Waals surface area contributed by atoms with Crippen LogP contribution in [0.5, 0.6) is 5.75 Å². The summed E-state index contributed by atoms with van der Waals surface area (Å²) in [6.45, 7) is 1.75. The van der Waals surface area contributed by atoms with E-state index >= 15 is 0 Å². The number of halogens is 1. The third kappa shape index (κ3) is 1.80. The summed E-state index contributed by atoms with van der Waals surface area (Å²) in [5, 5.41) is 0. The summed E-state index contributed by atoms with van der Waals surface area (Å²) in [6, 6.07) is 3.59. The first-order valence-electron chi connectivity index (χ1n) is 5.70. The zero-order chi connectivity index (χ0) is 11.8. The largest absolute Gasteiger partial charge is 0.494 e. The molecule has 0 saturated heterocycles. The van der Waals surface area contributed by atoms with Crippen molar-refractivity contribution in [1.82, 2.24) is 0 Å². The topological polar surface area (TPSA) is 35.2 Å². The molecule has 0 radical (unpaired) electrons. The molecule has 0 bridgehead atoms. The number of hydrogen-bond acceptors (Lipinski definition) is 2. The van der Waals surface area contributed by atoms with E-state index in [0.29, 0.717) is 11.3 Å². The fraction of sp³-hybridized carbons (Fsp3) is 0.538.